The van der Waals surface area contributed by atoms with Gasteiger partial charge in [0.15, 0.2) is 0 Å². The van der Waals surface area contributed by atoms with Gasteiger partial charge in [-0.15, -0.1) is 0 Å². The fourth-order valence-electron chi connectivity index (χ4n) is 6.04. The van der Waals surface area contributed by atoms with Gasteiger partial charge in [-0.1, -0.05) is 12.8 Å². The van der Waals surface area contributed by atoms with Crippen LogP contribution in [0.5, 0.6) is 0 Å². The first-order chi connectivity index (χ1) is 17.4. The largest absolute Gasteiger partial charge is 0.393 e. The molecule has 2 aliphatic carbocycles. The van der Waals surface area contributed by atoms with Crippen LogP contribution in [0.1, 0.15) is 65.4 Å². The second-order valence-corrected chi connectivity index (χ2v) is 10.5. The fourth-order valence-corrected chi connectivity index (χ4v) is 6.04. The van der Waals surface area contributed by atoms with Gasteiger partial charge in [0.1, 0.15) is 17.2 Å². The minimum Gasteiger partial charge on any atom is -0.393 e. The van der Waals surface area contributed by atoms with Gasteiger partial charge in [0.2, 0.25) is 5.95 Å². The number of pyridine rings is 1. The Kier molecular flexibility index (Phi) is 5.63. The molecule has 0 radical (unpaired) electrons. The molecule has 3 aromatic rings. The molecule has 2 bridgehead atoms. The highest BCUT2D eigenvalue weighted by Gasteiger charge is 2.45. The van der Waals surface area contributed by atoms with Gasteiger partial charge in [0.25, 0.3) is 11.8 Å². The van der Waals surface area contributed by atoms with Gasteiger partial charge in [-0.05, 0) is 43.9 Å². The number of aromatic nitrogens is 4. The lowest BCUT2D eigenvalue weighted by Crippen LogP contribution is -2.41. The standard InChI is InChI=1S/C26H31N7O3/c1-31(2)25(36)20-10-16-13-28-26(30-23(16)33(20)18-5-3-4-6-18)29-22-8-7-15(12-27-22)24(35)32-14-17-9-19(32)11-21(17)34/h7-8,10,12-13,17-19,21,34H,3-6,9,11,14H2,1-2H3,(H,27,28,29,30)/t17-,19-,21-/m0/s1. The normalized spacial score (nSPS) is 23.5. The number of rotatable bonds is 5. The lowest BCUT2D eigenvalue weighted by molar-refractivity contribution is 0.0516. The molecule has 3 aliphatic rings. The van der Waals surface area contributed by atoms with Crippen LogP contribution in [0.3, 0.4) is 0 Å². The molecule has 188 valence electrons. The van der Waals surface area contributed by atoms with E-state index < -0.39 is 0 Å². The number of nitrogens with one attached hydrogen (secondary N) is 1. The number of piperidine rings is 1. The highest BCUT2D eigenvalue weighted by Crippen LogP contribution is 2.38. The number of carbonyl (C=O) groups excluding carboxylic acids is 2. The molecule has 2 amide bonds. The van der Waals surface area contributed by atoms with Crippen molar-refractivity contribution in [3.8, 4) is 0 Å². The zero-order valence-electron chi connectivity index (χ0n) is 20.6. The van der Waals surface area contributed by atoms with Crippen LogP contribution in [0.15, 0.2) is 30.6 Å². The number of hydrogen-bond donors (Lipinski definition) is 2. The van der Waals surface area contributed by atoms with Crippen molar-refractivity contribution in [3.63, 3.8) is 0 Å². The van der Waals surface area contributed by atoms with E-state index in [1.807, 2.05) is 11.0 Å². The molecular formula is C26H31N7O3. The summed E-state index contributed by atoms with van der Waals surface area (Å²) in [5, 5.41) is 13.9. The van der Waals surface area contributed by atoms with Crippen LogP contribution in [0.25, 0.3) is 11.0 Å². The molecular weight excluding hydrogens is 458 g/mol. The van der Waals surface area contributed by atoms with E-state index >= 15 is 0 Å². The summed E-state index contributed by atoms with van der Waals surface area (Å²) in [4.78, 5) is 42.9. The van der Waals surface area contributed by atoms with Gasteiger partial charge in [-0.25, -0.2) is 9.97 Å². The molecule has 36 heavy (non-hydrogen) atoms. The second-order valence-electron chi connectivity index (χ2n) is 10.5. The fraction of sp³-hybridized carbons (Fsp3) is 0.500. The molecule has 3 atom stereocenters. The molecule has 0 aromatic carbocycles. The monoisotopic (exact) mass is 489 g/mol. The lowest BCUT2D eigenvalue weighted by atomic mass is 10.1. The van der Waals surface area contributed by atoms with Crippen LogP contribution < -0.4 is 5.32 Å². The topological polar surface area (TPSA) is 116 Å². The molecule has 1 aliphatic heterocycles. The Bertz CT molecular complexity index is 1310. The zero-order chi connectivity index (χ0) is 25.0. The molecule has 6 rings (SSSR count). The number of anilines is 2. The highest BCUT2D eigenvalue weighted by molar-refractivity contribution is 5.98. The molecule has 2 N–H and O–H groups in total. The summed E-state index contributed by atoms with van der Waals surface area (Å²) < 4.78 is 2.08. The smallest absolute Gasteiger partial charge is 0.270 e. The Morgan fingerprint density at radius 2 is 1.89 bits per heavy atom. The summed E-state index contributed by atoms with van der Waals surface area (Å²) in [5.74, 6) is 1.03. The molecule has 0 spiro atoms. The maximum atomic E-state index is 13.0. The van der Waals surface area contributed by atoms with Crippen molar-refractivity contribution in [2.45, 2.75) is 56.7 Å². The average Bonchev–Trinajstić information content (AvgIpc) is 3.66. The van der Waals surface area contributed by atoms with E-state index in [0.29, 0.717) is 36.0 Å². The van der Waals surface area contributed by atoms with Crippen molar-refractivity contribution in [2.75, 3.05) is 26.0 Å². The van der Waals surface area contributed by atoms with E-state index in [4.69, 9.17) is 4.98 Å². The summed E-state index contributed by atoms with van der Waals surface area (Å²) in [5.41, 5.74) is 1.90. The SMILES string of the molecule is CN(C)C(=O)c1cc2cnc(Nc3ccc(C(=O)N4C[C@@H]5C[C@H]4C[C@@H]5O)cn3)nc2n1C1CCCC1. The number of carbonyl (C=O) groups is 2. The Morgan fingerprint density at radius 1 is 1.08 bits per heavy atom. The Morgan fingerprint density at radius 3 is 2.53 bits per heavy atom. The Balaban J connectivity index is 1.24. The van der Waals surface area contributed by atoms with E-state index in [2.05, 4.69) is 19.9 Å². The number of fused-ring (bicyclic) bond motifs is 3. The van der Waals surface area contributed by atoms with Crippen LogP contribution >= 0.6 is 0 Å². The summed E-state index contributed by atoms with van der Waals surface area (Å²) in [6.45, 7) is 0.609. The number of aliphatic hydroxyl groups excluding tert-OH is 1. The van der Waals surface area contributed by atoms with Gasteiger partial charge < -0.3 is 24.8 Å². The van der Waals surface area contributed by atoms with Gasteiger partial charge >= 0.3 is 0 Å². The quantitative estimate of drug-likeness (QED) is 0.566. The molecule has 0 unspecified atom stereocenters. The third kappa shape index (κ3) is 3.89. The van der Waals surface area contributed by atoms with Gasteiger partial charge in [-0.3, -0.25) is 9.59 Å². The number of amides is 2. The summed E-state index contributed by atoms with van der Waals surface area (Å²) in [6.07, 6.45) is 8.90. The van der Waals surface area contributed by atoms with E-state index in [-0.39, 0.29) is 35.9 Å². The third-order valence-electron chi connectivity index (χ3n) is 7.91. The van der Waals surface area contributed by atoms with E-state index in [1.54, 1.807) is 43.5 Å². The first-order valence-corrected chi connectivity index (χ1v) is 12.7. The zero-order valence-corrected chi connectivity index (χ0v) is 20.6. The minimum absolute atomic E-state index is 0.0430. The van der Waals surface area contributed by atoms with E-state index in [9.17, 15) is 14.7 Å². The molecule has 3 aromatic heterocycles. The van der Waals surface area contributed by atoms with Gasteiger partial charge in [0.05, 0.1) is 11.7 Å². The van der Waals surface area contributed by atoms with Crippen molar-refractivity contribution in [3.05, 3.63) is 41.9 Å². The molecule has 4 heterocycles. The maximum Gasteiger partial charge on any atom is 0.270 e. The van der Waals surface area contributed by atoms with Crippen molar-refractivity contribution in [1.29, 1.82) is 0 Å². The molecule has 10 heteroatoms. The third-order valence-corrected chi connectivity index (χ3v) is 7.91. The van der Waals surface area contributed by atoms with Crippen molar-refractivity contribution in [1.82, 2.24) is 29.3 Å². The minimum atomic E-state index is -0.284. The second kappa shape index (κ2) is 8.85. The van der Waals surface area contributed by atoms with Crippen molar-refractivity contribution >= 4 is 34.6 Å². The van der Waals surface area contributed by atoms with Crippen LogP contribution in [-0.2, 0) is 0 Å². The summed E-state index contributed by atoms with van der Waals surface area (Å²) >= 11 is 0. The van der Waals surface area contributed by atoms with E-state index in [0.717, 1.165) is 43.1 Å². The first-order valence-electron chi connectivity index (χ1n) is 12.7. The van der Waals surface area contributed by atoms with Crippen LogP contribution in [0.4, 0.5) is 11.8 Å². The summed E-state index contributed by atoms with van der Waals surface area (Å²) in [6, 6.07) is 5.75. The molecule has 1 saturated heterocycles. The number of aliphatic hydroxyl groups is 1. The maximum absolute atomic E-state index is 13.0. The van der Waals surface area contributed by atoms with Crippen LogP contribution in [-0.4, -0.2) is 79.0 Å². The Labute approximate surface area is 209 Å². The van der Waals surface area contributed by atoms with Crippen LogP contribution in [0, 0.1) is 5.92 Å². The van der Waals surface area contributed by atoms with Gasteiger partial charge in [-0.2, -0.15) is 4.98 Å². The average molecular weight is 490 g/mol. The number of nitrogens with zero attached hydrogens (tertiary/aromatic N) is 6. The number of likely N-dealkylation sites (tertiary alicyclic amines) is 1. The van der Waals surface area contributed by atoms with E-state index in [1.165, 1.54) is 0 Å². The van der Waals surface area contributed by atoms with Crippen LogP contribution in [0.2, 0.25) is 0 Å². The first kappa shape index (κ1) is 22.9. The number of hydrogen-bond acceptors (Lipinski definition) is 7. The summed E-state index contributed by atoms with van der Waals surface area (Å²) in [7, 11) is 3.52. The predicted molar refractivity (Wildman–Crippen MR) is 134 cm³/mol. The van der Waals surface area contributed by atoms with Crippen molar-refractivity contribution in [2.24, 2.45) is 5.92 Å². The highest BCUT2D eigenvalue weighted by atomic mass is 16.3. The predicted octanol–water partition coefficient (Wildman–Crippen LogP) is 2.98. The Hall–Kier alpha value is -3.53. The lowest BCUT2D eigenvalue weighted by Gasteiger charge is -2.29. The molecule has 2 saturated carbocycles. The van der Waals surface area contributed by atoms with Crippen molar-refractivity contribution < 1.29 is 14.7 Å². The van der Waals surface area contributed by atoms with Gasteiger partial charge in [0, 0.05) is 56.4 Å². The molecule has 10 nitrogen and oxygen atoms in total. The molecule has 3 fully saturated rings.